The Morgan fingerprint density at radius 3 is 2.62 bits per heavy atom. The molecule has 1 saturated heterocycles. The van der Waals surface area contributed by atoms with Gasteiger partial charge in [-0.15, -0.1) is 0 Å². The molecule has 1 amide bonds. The molecule has 114 valence electrons. The first-order valence-electron chi connectivity index (χ1n) is 7.94. The van der Waals surface area contributed by atoms with Crippen LogP contribution in [0.3, 0.4) is 0 Å². The van der Waals surface area contributed by atoms with Gasteiger partial charge in [0.05, 0.1) is 6.10 Å². The van der Waals surface area contributed by atoms with Crippen LogP contribution < -0.4 is 5.73 Å². The molecule has 4 heteroatoms. The summed E-state index contributed by atoms with van der Waals surface area (Å²) < 4.78 is 5.72. The number of hydrogen-bond acceptors (Lipinski definition) is 3. The number of ether oxygens (including phenoxy) is 1. The summed E-state index contributed by atoms with van der Waals surface area (Å²) in [7, 11) is 0. The summed E-state index contributed by atoms with van der Waals surface area (Å²) >= 11 is 0. The van der Waals surface area contributed by atoms with Crippen molar-refractivity contribution in [3.63, 3.8) is 0 Å². The molecule has 0 unspecified atom stereocenters. The van der Waals surface area contributed by atoms with Crippen LogP contribution in [-0.2, 0) is 9.53 Å². The number of nitrogens with two attached hydrogens (primary N) is 1. The number of carbonyl (C=O) groups is 1. The molecule has 1 aromatic rings. The van der Waals surface area contributed by atoms with E-state index in [9.17, 15) is 4.79 Å². The highest BCUT2D eigenvalue weighted by atomic mass is 16.5. The van der Waals surface area contributed by atoms with E-state index in [1.54, 1.807) is 0 Å². The van der Waals surface area contributed by atoms with Crippen LogP contribution in [0.4, 0.5) is 0 Å². The van der Waals surface area contributed by atoms with Crippen molar-refractivity contribution in [2.75, 3.05) is 19.7 Å². The predicted molar refractivity (Wildman–Crippen MR) is 81.9 cm³/mol. The fourth-order valence-corrected chi connectivity index (χ4v) is 3.42. The second-order valence-electron chi connectivity index (χ2n) is 6.20. The van der Waals surface area contributed by atoms with Crippen LogP contribution in [0.15, 0.2) is 30.3 Å². The number of likely N-dealkylation sites (tertiary alicyclic amines) is 1. The highest BCUT2D eigenvalue weighted by Crippen LogP contribution is 2.27. The number of benzene rings is 1. The minimum atomic E-state index is 0.0165. The van der Waals surface area contributed by atoms with Crippen LogP contribution in [-0.4, -0.2) is 42.6 Å². The predicted octanol–water partition coefficient (Wildman–Crippen LogP) is 1.90. The number of carbonyl (C=O) groups excluding carboxylic acids is 1. The lowest BCUT2D eigenvalue weighted by atomic mass is 9.95. The Balaban J connectivity index is 1.54. The standard InChI is InChI=1S/C17H24N2O2/c18-16-11-19(10-15(16)13-6-2-1-3-7-13)17(20)12-21-14-8-4-5-9-14/h1-3,6-7,14-16H,4-5,8-12,18H2/t15-,16+/m0/s1. The van der Waals surface area contributed by atoms with Gasteiger partial charge in [0.25, 0.3) is 0 Å². The molecule has 1 aromatic carbocycles. The summed E-state index contributed by atoms with van der Waals surface area (Å²) in [5, 5.41) is 0. The van der Waals surface area contributed by atoms with E-state index in [0.29, 0.717) is 13.1 Å². The van der Waals surface area contributed by atoms with Crippen molar-refractivity contribution in [2.24, 2.45) is 5.73 Å². The summed E-state index contributed by atoms with van der Waals surface area (Å²) in [6.45, 7) is 1.54. The van der Waals surface area contributed by atoms with Gasteiger partial charge in [0, 0.05) is 25.0 Å². The van der Waals surface area contributed by atoms with Gasteiger partial charge >= 0.3 is 0 Å². The lowest BCUT2D eigenvalue weighted by molar-refractivity contribution is -0.137. The van der Waals surface area contributed by atoms with Crippen molar-refractivity contribution in [3.05, 3.63) is 35.9 Å². The zero-order valence-corrected chi connectivity index (χ0v) is 12.4. The molecular weight excluding hydrogens is 264 g/mol. The van der Waals surface area contributed by atoms with Gasteiger partial charge in [-0.3, -0.25) is 4.79 Å². The van der Waals surface area contributed by atoms with Crippen LogP contribution in [0.1, 0.15) is 37.2 Å². The van der Waals surface area contributed by atoms with E-state index in [0.717, 1.165) is 12.8 Å². The van der Waals surface area contributed by atoms with Crippen molar-refractivity contribution < 1.29 is 9.53 Å². The monoisotopic (exact) mass is 288 g/mol. The first kappa shape index (κ1) is 14.5. The molecule has 2 N–H and O–H groups in total. The van der Waals surface area contributed by atoms with Crippen molar-refractivity contribution in [1.82, 2.24) is 4.90 Å². The van der Waals surface area contributed by atoms with Gasteiger partial charge in [0.15, 0.2) is 0 Å². The normalized spacial score (nSPS) is 26.4. The lowest BCUT2D eigenvalue weighted by Crippen LogP contribution is -2.35. The topological polar surface area (TPSA) is 55.6 Å². The molecule has 1 aliphatic heterocycles. The summed E-state index contributed by atoms with van der Waals surface area (Å²) in [4.78, 5) is 14.1. The SMILES string of the molecule is N[C@@H]1CN(C(=O)COC2CCCC2)C[C@H]1c1ccccc1. The quantitative estimate of drug-likeness (QED) is 0.920. The van der Waals surface area contributed by atoms with Crippen molar-refractivity contribution in [2.45, 2.75) is 43.7 Å². The average molecular weight is 288 g/mol. The second kappa shape index (κ2) is 6.58. The first-order chi connectivity index (χ1) is 10.2. The Morgan fingerprint density at radius 2 is 1.90 bits per heavy atom. The zero-order valence-electron chi connectivity index (χ0n) is 12.4. The molecule has 4 nitrogen and oxygen atoms in total. The highest BCUT2D eigenvalue weighted by Gasteiger charge is 2.34. The Labute approximate surface area is 126 Å². The minimum Gasteiger partial charge on any atom is -0.368 e. The zero-order chi connectivity index (χ0) is 14.7. The van der Waals surface area contributed by atoms with Crippen LogP contribution in [0, 0.1) is 0 Å². The third-order valence-electron chi connectivity index (χ3n) is 4.69. The summed E-state index contributed by atoms with van der Waals surface area (Å²) in [6.07, 6.45) is 4.93. The molecule has 2 atom stereocenters. The molecule has 0 bridgehead atoms. The Kier molecular flexibility index (Phi) is 4.56. The molecule has 0 aromatic heterocycles. The van der Waals surface area contributed by atoms with E-state index >= 15 is 0 Å². The summed E-state index contributed by atoms with van der Waals surface area (Å²) in [5.74, 6) is 0.317. The second-order valence-corrected chi connectivity index (χ2v) is 6.20. The van der Waals surface area contributed by atoms with Crippen molar-refractivity contribution in [1.29, 1.82) is 0 Å². The lowest BCUT2D eigenvalue weighted by Gasteiger charge is -2.18. The van der Waals surface area contributed by atoms with Gasteiger partial charge in [-0.1, -0.05) is 43.2 Å². The molecule has 1 heterocycles. The average Bonchev–Trinajstić information content (AvgIpc) is 3.15. The van der Waals surface area contributed by atoms with E-state index in [-0.39, 0.29) is 30.6 Å². The van der Waals surface area contributed by atoms with Gasteiger partial charge < -0.3 is 15.4 Å². The van der Waals surface area contributed by atoms with Crippen LogP contribution in [0.5, 0.6) is 0 Å². The number of rotatable bonds is 4. The number of hydrogen-bond donors (Lipinski definition) is 1. The van der Waals surface area contributed by atoms with Gasteiger partial charge in [-0.25, -0.2) is 0 Å². The Hall–Kier alpha value is -1.39. The fourth-order valence-electron chi connectivity index (χ4n) is 3.42. The molecule has 21 heavy (non-hydrogen) atoms. The van der Waals surface area contributed by atoms with Crippen LogP contribution in [0.2, 0.25) is 0 Å². The molecule has 2 fully saturated rings. The molecule has 2 aliphatic rings. The van der Waals surface area contributed by atoms with Crippen molar-refractivity contribution >= 4 is 5.91 Å². The fraction of sp³-hybridized carbons (Fsp3) is 0.588. The Morgan fingerprint density at radius 1 is 1.19 bits per heavy atom. The maximum atomic E-state index is 12.3. The molecule has 3 rings (SSSR count). The molecule has 0 radical (unpaired) electrons. The third kappa shape index (κ3) is 3.44. The van der Waals surface area contributed by atoms with Crippen LogP contribution >= 0.6 is 0 Å². The Bertz CT molecular complexity index is 471. The summed E-state index contributed by atoms with van der Waals surface area (Å²) in [5.41, 5.74) is 7.44. The van der Waals surface area contributed by atoms with E-state index in [2.05, 4.69) is 12.1 Å². The van der Waals surface area contributed by atoms with Crippen molar-refractivity contribution in [3.8, 4) is 0 Å². The number of nitrogens with zero attached hydrogens (tertiary/aromatic N) is 1. The van der Waals surface area contributed by atoms with Gasteiger partial charge in [0.1, 0.15) is 6.61 Å². The van der Waals surface area contributed by atoms with E-state index < -0.39 is 0 Å². The maximum Gasteiger partial charge on any atom is 0.248 e. The molecule has 1 saturated carbocycles. The largest absolute Gasteiger partial charge is 0.368 e. The van der Waals surface area contributed by atoms with Gasteiger partial charge in [0.2, 0.25) is 5.91 Å². The molecule has 0 spiro atoms. The van der Waals surface area contributed by atoms with E-state index in [4.69, 9.17) is 10.5 Å². The van der Waals surface area contributed by atoms with Gasteiger partial charge in [-0.05, 0) is 18.4 Å². The molecule has 1 aliphatic carbocycles. The third-order valence-corrected chi connectivity index (χ3v) is 4.69. The highest BCUT2D eigenvalue weighted by molar-refractivity contribution is 5.78. The maximum absolute atomic E-state index is 12.3. The van der Waals surface area contributed by atoms with E-state index in [1.165, 1.54) is 18.4 Å². The van der Waals surface area contributed by atoms with Crippen LogP contribution in [0.25, 0.3) is 0 Å². The summed E-state index contributed by atoms with van der Waals surface area (Å²) in [6, 6.07) is 10.2. The minimum absolute atomic E-state index is 0.0165. The first-order valence-corrected chi connectivity index (χ1v) is 7.94. The molecular formula is C17H24N2O2. The number of amides is 1. The smallest absolute Gasteiger partial charge is 0.248 e. The van der Waals surface area contributed by atoms with E-state index in [1.807, 2.05) is 23.1 Å². The van der Waals surface area contributed by atoms with Gasteiger partial charge in [-0.2, -0.15) is 0 Å².